The van der Waals surface area contributed by atoms with Crippen LogP contribution in [-0.2, 0) is 7.05 Å². The molecule has 0 N–H and O–H groups in total. The van der Waals surface area contributed by atoms with Crippen molar-refractivity contribution < 1.29 is 4.39 Å². The molecule has 4 nitrogen and oxygen atoms in total. The standard InChI is InChI=1S/C9H8ClFN4/c1-5-3-6(14-15(5)2)8-7(11)9(10)13-4-12-8/h3-4H,1-2H3. The van der Waals surface area contributed by atoms with Gasteiger partial charge >= 0.3 is 0 Å². The molecule has 2 aromatic rings. The lowest BCUT2D eigenvalue weighted by Crippen LogP contribution is -1.95. The predicted molar refractivity (Wildman–Crippen MR) is 53.9 cm³/mol. The van der Waals surface area contributed by atoms with Crippen molar-refractivity contribution >= 4 is 11.6 Å². The van der Waals surface area contributed by atoms with E-state index in [4.69, 9.17) is 11.6 Å². The number of hydrogen-bond acceptors (Lipinski definition) is 3. The topological polar surface area (TPSA) is 43.6 Å². The summed E-state index contributed by atoms with van der Waals surface area (Å²) in [6, 6.07) is 1.74. The lowest BCUT2D eigenvalue weighted by Gasteiger charge is -1.98. The maximum absolute atomic E-state index is 13.5. The maximum Gasteiger partial charge on any atom is 0.188 e. The van der Waals surface area contributed by atoms with Crippen molar-refractivity contribution in [2.75, 3.05) is 0 Å². The summed E-state index contributed by atoms with van der Waals surface area (Å²) in [5.41, 5.74) is 1.50. The van der Waals surface area contributed by atoms with E-state index in [1.54, 1.807) is 17.8 Å². The Labute approximate surface area is 90.7 Å². The molecule has 2 rings (SSSR count). The first-order valence-electron chi connectivity index (χ1n) is 4.26. The maximum atomic E-state index is 13.5. The summed E-state index contributed by atoms with van der Waals surface area (Å²) in [5.74, 6) is -0.641. The van der Waals surface area contributed by atoms with Gasteiger partial charge in [0.1, 0.15) is 17.7 Å². The summed E-state index contributed by atoms with van der Waals surface area (Å²) in [7, 11) is 1.78. The highest BCUT2D eigenvalue weighted by molar-refractivity contribution is 6.29. The van der Waals surface area contributed by atoms with E-state index < -0.39 is 5.82 Å². The minimum absolute atomic E-state index is 0.124. The summed E-state index contributed by atoms with van der Waals surface area (Å²) in [5, 5.41) is 3.92. The van der Waals surface area contributed by atoms with Gasteiger partial charge in [-0.15, -0.1) is 0 Å². The molecule has 0 aliphatic carbocycles. The third kappa shape index (κ3) is 1.70. The molecule has 0 saturated carbocycles. The fourth-order valence-electron chi connectivity index (χ4n) is 1.20. The van der Waals surface area contributed by atoms with Crippen LogP contribution in [0.5, 0.6) is 0 Å². The lowest BCUT2D eigenvalue weighted by molar-refractivity contribution is 0.616. The molecule has 2 heterocycles. The molecule has 15 heavy (non-hydrogen) atoms. The SMILES string of the molecule is Cc1cc(-c2ncnc(Cl)c2F)nn1C. The third-order valence-electron chi connectivity index (χ3n) is 2.10. The summed E-state index contributed by atoms with van der Waals surface area (Å²) < 4.78 is 15.2. The molecule has 0 spiro atoms. The Bertz CT molecular complexity index is 489. The van der Waals surface area contributed by atoms with E-state index in [9.17, 15) is 4.39 Å². The van der Waals surface area contributed by atoms with Gasteiger partial charge in [0.25, 0.3) is 0 Å². The van der Waals surface area contributed by atoms with Gasteiger partial charge in [0.15, 0.2) is 11.0 Å². The Hall–Kier alpha value is -1.49. The lowest BCUT2D eigenvalue weighted by atomic mass is 10.3. The minimum Gasteiger partial charge on any atom is -0.272 e. The zero-order chi connectivity index (χ0) is 11.0. The second-order valence-electron chi connectivity index (χ2n) is 3.12. The van der Waals surface area contributed by atoms with Crippen molar-refractivity contribution in [3.8, 4) is 11.4 Å². The molecule has 0 unspecified atom stereocenters. The zero-order valence-electron chi connectivity index (χ0n) is 8.20. The minimum atomic E-state index is -0.641. The summed E-state index contributed by atoms with van der Waals surface area (Å²) >= 11 is 5.55. The van der Waals surface area contributed by atoms with Crippen LogP contribution in [0.2, 0.25) is 5.15 Å². The van der Waals surface area contributed by atoms with Crippen molar-refractivity contribution in [1.82, 2.24) is 19.7 Å². The van der Waals surface area contributed by atoms with Crippen molar-refractivity contribution in [3.05, 3.63) is 29.1 Å². The summed E-state index contributed by atoms with van der Waals surface area (Å²) in [6.07, 6.45) is 1.21. The molecule has 0 aliphatic rings. The number of rotatable bonds is 1. The van der Waals surface area contributed by atoms with Gasteiger partial charge in [-0.25, -0.2) is 14.4 Å². The second-order valence-corrected chi connectivity index (χ2v) is 3.48. The van der Waals surface area contributed by atoms with E-state index in [1.165, 1.54) is 6.33 Å². The quantitative estimate of drug-likeness (QED) is 0.699. The van der Waals surface area contributed by atoms with Crippen molar-refractivity contribution in [3.63, 3.8) is 0 Å². The largest absolute Gasteiger partial charge is 0.272 e. The van der Waals surface area contributed by atoms with Gasteiger partial charge in [-0.05, 0) is 13.0 Å². The van der Waals surface area contributed by atoms with E-state index >= 15 is 0 Å². The van der Waals surface area contributed by atoms with Gasteiger partial charge in [0.05, 0.1) is 0 Å². The zero-order valence-corrected chi connectivity index (χ0v) is 8.96. The van der Waals surface area contributed by atoms with Crippen molar-refractivity contribution in [2.45, 2.75) is 6.92 Å². The third-order valence-corrected chi connectivity index (χ3v) is 2.37. The molecule has 2 aromatic heterocycles. The molecular formula is C9H8ClFN4. The Kier molecular flexibility index (Phi) is 2.40. The predicted octanol–water partition coefficient (Wildman–Crippen LogP) is 1.98. The highest BCUT2D eigenvalue weighted by Crippen LogP contribution is 2.22. The van der Waals surface area contributed by atoms with E-state index in [-0.39, 0.29) is 10.8 Å². The van der Waals surface area contributed by atoms with Gasteiger partial charge in [-0.3, -0.25) is 4.68 Å². The highest BCUT2D eigenvalue weighted by atomic mass is 35.5. The van der Waals surface area contributed by atoms with Crippen LogP contribution in [0.25, 0.3) is 11.4 Å². The average molecular weight is 227 g/mol. The molecule has 0 amide bonds. The molecule has 0 saturated heterocycles. The molecule has 0 bridgehead atoms. The van der Waals surface area contributed by atoms with E-state index in [0.29, 0.717) is 5.69 Å². The highest BCUT2D eigenvalue weighted by Gasteiger charge is 2.14. The van der Waals surface area contributed by atoms with Crippen LogP contribution in [0.15, 0.2) is 12.4 Å². The van der Waals surface area contributed by atoms with Crippen LogP contribution in [0.4, 0.5) is 4.39 Å². The molecule has 0 aliphatic heterocycles. The normalized spacial score (nSPS) is 10.7. The van der Waals surface area contributed by atoms with Gasteiger partial charge in [0.2, 0.25) is 0 Å². The molecule has 0 atom stereocenters. The number of nitrogens with zero attached hydrogens (tertiary/aromatic N) is 4. The van der Waals surface area contributed by atoms with Gasteiger partial charge in [-0.2, -0.15) is 5.10 Å². The van der Waals surface area contributed by atoms with Gasteiger partial charge in [-0.1, -0.05) is 11.6 Å². The Morgan fingerprint density at radius 3 is 2.73 bits per heavy atom. The summed E-state index contributed by atoms with van der Waals surface area (Å²) in [6.45, 7) is 1.87. The van der Waals surface area contributed by atoms with Crippen LogP contribution < -0.4 is 0 Å². The van der Waals surface area contributed by atoms with Crippen LogP contribution in [0.1, 0.15) is 5.69 Å². The van der Waals surface area contributed by atoms with Crippen molar-refractivity contribution in [2.24, 2.45) is 7.05 Å². The summed E-state index contributed by atoms with van der Waals surface area (Å²) in [4.78, 5) is 7.36. The fraction of sp³-hybridized carbons (Fsp3) is 0.222. The fourth-order valence-corrected chi connectivity index (χ4v) is 1.34. The van der Waals surface area contributed by atoms with E-state index in [1.807, 2.05) is 6.92 Å². The smallest absolute Gasteiger partial charge is 0.188 e. The Morgan fingerprint density at radius 2 is 2.13 bits per heavy atom. The first-order chi connectivity index (χ1) is 7.09. The molecule has 0 radical (unpaired) electrons. The van der Waals surface area contributed by atoms with Gasteiger partial charge in [0, 0.05) is 12.7 Å². The van der Waals surface area contributed by atoms with Crippen LogP contribution in [-0.4, -0.2) is 19.7 Å². The van der Waals surface area contributed by atoms with Crippen LogP contribution in [0, 0.1) is 12.7 Å². The molecule has 0 fully saturated rings. The van der Waals surface area contributed by atoms with Crippen LogP contribution in [0.3, 0.4) is 0 Å². The number of aryl methyl sites for hydroxylation is 2. The second kappa shape index (κ2) is 3.58. The average Bonchev–Trinajstić information content (AvgIpc) is 2.51. The number of aromatic nitrogens is 4. The first-order valence-corrected chi connectivity index (χ1v) is 4.64. The molecule has 78 valence electrons. The monoisotopic (exact) mass is 226 g/mol. The number of halogens is 2. The molecule has 6 heteroatoms. The van der Waals surface area contributed by atoms with Crippen LogP contribution >= 0.6 is 11.6 Å². The number of hydrogen-bond donors (Lipinski definition) is 0. The van der Waals surface area contributed by atoms with Crippen molar-refractivity contribution in [1.29, 1.82) is 0 Å². The van der Waals surface area contributed by atoms with Gasteiger partial charge < -0.3 is 0 Å². The first kappa shape index (κ1) is 10.0. The Balaban J connectivity index is 2.59. The van der Waals surface area contributed by atoms with E-state index in [0.717, 1.165) is 5.69 Å². The molecular weight excluding hydrogens is 219 g/mol. The van der Waals surface area contributed by atoms with E-state index in [2.05, 4.69) is 15.1 Å². The molecule has 0 aromatic carbocycles. The Morgan fingerprint density at radius 1 is 1.40 bits per heavy atom.